The Balaban J connectivity index is 1.78. The molecule has 1 aromatic heterocycles. The van der Waals surface area contributed by atoms with Crippen LogP contribution in [0.4, 0.5) is 0 Å². The smallest absolute Gasteiger partial charge is 0.246 e. The minimum atomic E-state index is -3.70. The first-order valence-corrected chi connectivity index (χ1v) is 12.1. The number of sulfonamides is 2. The van der Waals surface area contributed by atoms with Crippen molar-refractivity contribution in [2.45, 2.75) is 44.0 Å². The van der Waals surface area contributed by atoms with Crippen LogP contribution in [0.5, 0.6) is 0 Å². The lowest BCUT2D eigenvalue weighted by Gasteiger charge is -2.33. The maximum atomic E-state index is 13.0. The van der Waals surface area contributed by atoms with Gasteiger partial charge < -0.3 is 0 Å². The highest BCUT2D eigenvalue weighted by Gasteiger charge is 2.35. The van der Waals surface area contributed by atoms with Gasteiger partial charge in [0.15, 0.2) is 0 Å². The van der Waals surface area contributed by atoms with Crippen LogP contribution in [0.15, 0.2) is 34.2 Å². The van der Waals surface area contributed by atoms with E-state index in [4.69, 9.17) is 0 Å². The molecular weight excluding hydrogens is 400 g/mol. The van der Waals surface area contributed by atoms with Gasteiger partial charge in [-0.25, -0.2) is 16.8 Å². The second kappa shape index (κ2) is 7.58. The summed E-state index contributed by atoms with van der Waals surface area (Å²) >= 11 is 0. The standard InChI is InChI=1S/C18H26N4O4S2/c1-5-20-13-18(16(4)19-20)28(25,26)22-10-8-21(9-11-22)27(23,24)17-7-6-14(2)15(3)12-17/h6-7,12-13H,5,8-11H2,1-4H3. The molecule has 8 nitrogen and oxygen atoms in total. The molecule has 1 fully saturated rings. The summed E-state index contributed by atoms with van der Waals surface area (Å²) < 4.78 is 56.0. The fraction of sp³-hybridized carbons (Fsp3) is 0.500. The van der Waals surface area contributed by atoms with E-state index < -0.39 is 20.0 Å². The van der Waals surface area contributed by atoms with E-state index in [0.717, 1.165) is 11.1 Å². The van der Waals surface area contributed by atoms with Gasteiger partial charge in [-0.1, -0.05) is 6.07 Å². The Hall–Kier alpha value is -1.75. The first kappa shape index (κ1) is 21.0. The van der Waals surface area contributed by atoms with Crippen LogP contribution in [0.2, 0.25) is 0 Å². The Morgan fingerprint density at radius 2 is 1.46 bits per heavy atom. The normalized spacial score (nSPS) is 17.1. The molecule has 0 spiro atoms. The predicted molar refractivity (Wildman–Crippen MR) is 106 cm³/mol. The van der Waals surface area contributed by atoms with Crippen LogP contribution in [-0.2, 0) is 26.6 Å². The summed E-state index contributed by atoms with van der Waals surface area (Å²) in [7, 11) is -7.35. The molecule has 3 rings (SSSR count). The number of nitrogens with zero attached hydrogens (tertiary/aromatic N) is 4. The molecule has 1 saturated heterocycles. The summed E-state index contributed by atoms with van der Waals surface area (Å²) in [4.78, 5) is 0.423. The van der Waals surface area contributed by atoms with E-state index in [2.05, 4.69) is 5.10 Å². The molecular formula is C18H26N4O4S2. The molecule has 0 amide bonds. The first-order valence-electron chi connectivity index (χ1n) is 9.19. The highest BCUT2D eigenvalue weighted by molar-refractivity contribution is 7.89. The average molecular weight is 427 g/mol. The molecule has 0 N–H and O–H groups in total. The van der Waals surface area contributed by atoms with E-state index in [0.29, 0.717) is 12.2 Å². The molecule has 0 aliphatic carbocycles. The van der Waals surface area contributed by atoms with Gasteiger partial charge in [-0.15, -0.1) is 0 Å². The van der Waals surface area contributed by atoms with Crippen LogP contribution in [-0.4, -0.2) is 61.4 Å². The Labute approximate surface area is 166 Å². The molecule has 2 aromatic rings. The molecule has 1 aromatic carbocycles. The van der Waals surface area contributed by atoms with Crippen LogP contribution in [0.25, 0.3) is 0 Å². The van der Waals surface area contributed by atoms with Crippen LogP contribution in [0.1, 0.15) is 23.7 Å². The Morgan fingerprint density at radius 1 is 0.893 bits per heavy atom. The number of hydrogen-bond acceptors (Lipinski definition) is 5. The maximum Gasteiger partial charge on any atom is 0.246 e. The van der Waals surface area contributed by atoms with Gasteiger partial charge in [0, 0.05) is 38.9 Å². The second-order valence-corrected chi connectivity index (χ2v) is 10.8. The van der Waals surface area contributed by atoms with Gasteiger partial charge in [0.2, 0.25) is 20.0 Å². The van der Waals surface area contributed by atoms with Gasteiger partial charge in [-0.3, -0.25) is 4.68 Å². The van der Waals surface area contributed by atoms with E-state index in [-0.39, 0.29) is 36.0 Å². The molecule has 28 heavy (non-hydrogen) atoms. The SMILES string of the molecule is CCn1cc(S(=O)(=O)N2CCN(S(=O)(=O)c3ccc(C)c(C)c3)CC2)c(C)n1. The Bertz CT molecular complexity index is 1080. The third-order valence-electron chi connectivity index (χ3n) is 5.16. The summed E-state index contributed by atoms with van der Waals surface area (Å²) in [5, 5.41) is 4.20. The Kier molecular flexibility index (Phi) is 5.68. The quantitative estimate of drug-likeness (QED) is 0.723. The van der Waals surface area contributed by atoms with Crippen LogP contribution in [0, 0.1) is 20.8 Å². The van der Waals surface area contributed by atoms with E-state index in [1.54, 1.807) is 29.8 Å². The second-order valence-electron chi connectivity index (χ2n) is 6.99. The van der Waals surface area contributed by atoms with Crippen molar-refractivity contribution < 1.29 is 16.8 Å². The number of aryl methyl sites for hydroxylation is 4. The molecule has 0 radical (unpaired) electrons. The lowest BCUT2D eigenvalue weighted by molar-refractivity contribution is 0.272. The van der Waals surface area contributed by atoms with Crippen molar-refractivity contribution in [1.29, 1.82) is 0 Å². The third kappa shape index (κ3) is 3.73. The van der Waals surface area contributed by atoms with Crippen molar-refractivity contribution in [3.63, 3.8) is 0 Å². The zero-order valence-corrected chi connectivity index (χ0v) is 18.2. The van der Waals surface area contributed by atoms with Crippen molar-refractivity contribution in [2.75, 3.05) is 26.2 Å². The van der Waals surface area contributed by atoms with Crippen molar-refractivity contribution in [3.8, 4) is 0 Å². The molecule has 1 aliphatic heterocycles. The largest absolute Gasteiger partial charge is 0.271 e. The topological polar surface area (TPSA) is 92.6 Å². The van der Waals surface area contributed by atoms with Gasteiger partial charge in [0.1, 0.15) is 4.90 Å². The third-order valence-corrected chi connectivity index (χ3v) is 9.05. The number of rotatable bonds is 5. The highest BCUT2D eigenvalue weighted by Crippen LogP contribution is 2.24. The van der Waals surface area contributed by atoms with Gasteiger partial charge in [0.05, 0.1) is 10.6 Å². The minimum absolute atomic E-state index is 0.114. The van der Waals surface area contributed by atoms with Crippen LogP contribution >= 0.6 is 0 Å². The number of benzene rings is 1. The summed E-state index contributed by atoms with van der Waals surface area (Å²) in [6, 6.07) is 5.05. The predicted octanol–water partition coefficient (Wildman–Crippen LogP) is 1.52. The average Bonchev–Trinajstić information content (AvgIpc) is 3.05. The molecule has 0 bridgehead atoms. The maximum absolute atomic E-state index is 13.0. The van der Waals surface area contributed by atoms with E-state index >= 15 is 0 Å². The van der Waals surface area contributed by atoms with Crippen molar-refractivity contribution >= 4 is 20.0 Å². The first-order chi connectivity index (χ1) is 13.1. The summed E-state index contributed by atoms with van der Waals surface area (Å²) in [6.07, 6.45) is 1.53. The lowest BCUT2D eigenvalue weighted by Crippen LogP contribution is -2.50. The van der Waals surface area contributed by atoms with Gasteiger partial charge in [-0.2, -0.15) is 13.7 Å². The molecule has 0 unspecified atom stereocenters. The molecule has 154 valence electrons. The van der Waals surface area contributed by atoms with E-state index in [1.807, 2.05) is 20.8 Å². The Morgan fingerprint density at radius 3 is 1.96 bits per heavy atom. The summed E-state index contributed by atoms with van der Waals surface area (Å²) in [6.45, 7) is 8.41. The fourth-order valence-electron chi connectivity index (χ4n) is 3.23. The van der Waals surface area contributed by atoms with Crippen molar-refractivity contribution in [1.82, 2.24) is 18.4 Å². The number of hydrogen-bond donors (Lipinski definition) is 0. The van der Waals surface area contributed by atoms with Crippen LogP contribution in [0.3, 0.4) is 0 Å². The molecule has 10 heteroatoms. The number of aromatic nitrogens is 2. The zero-order valence-electron chi connectivity index (χ0n) is 16.6. The zero-order chi connectivity index (χ0) is 20.7. The van der Waals surface area contributed by atoms with E-state index in [9.17, 15) is 16.8 Å². The summed E-state index contributed by atoms with van der Waals surface area (Å²) in [5.74, 6) is 0. The van der Waals surface area contributed by atoms with Crippen LogP contribution < -0.4 is 0 Å². The molecule has 0 saturated carbocycles. The molecule has 1 aliphatic rings. The lowest BCUT2D eigenvalue weighted by atomic mass is 10.1. The molecule has 0 atom stereocenters. The number of piperazine rings is 1. The minimum Gasteiger partial charge on any atom is -0.271 e. The summed E-state index contributed by atoms with van der Waals surface area (Å²) in [5.41, 5.74) is 2.38. The fourth-order valence-corrected chi connectivity index (χ4v) is 6.33. The van der Waals surface area contributed by atoms with Gasteiger partial charge >= 0.3 is 0 Å². The van der Waals surface area contributed by atoms with Crippen molar-refractivity contribution in [2.24, 2.45) is 0 Å². The molecule has 2 heterocycles. The monoisotopic (exact) mass is 426 g/mol. The van der Waals surface area contributed by atoms with Gasteiger partial charge in [-0.05, 0) is 51.0 Å². The van der Waals surface area contributed by atoms with E-state index in [1.165, 1.54) is 14.8 Å². The van der Waals surface area contributed by atoms with Crippen molar-refractivity contribution in [3.05, 3.63) is 41.2 Å². The highest BCUT2D eigenvalue weighted by atomic mass is 32.2. The van der Waals surface area contributed by atoms with Gasteiger partial charge in [0.25, 0.3) is 0 Å².